The molecule has 0 aliphatic rings. The van der Waals surface area contributed by atoms with E-state index in [2.05, 4.69) is 21.2 Å². The lowest BCUT2D eigenvalue weighted by molar-refractivity contribution is 0.0950. The van der Waals surface area contributed by atoms with E-state index in [9.17, 15) is 9.59 Å². The van der Waals surface area contributed by atoms with Crippen LogP contribution in [0.1, 0.15) is 15.9 Å². The number of aryl methyl sites for hydroxylation is 1. The fourth-order valence-electron chi connectivity index (χ4n) is 1.62. The van der Waals surface area contributed by atoms with Crippen LogP contribution in [-0.2, 0) is 13.6 Å². The number of pyridine rings is 1. The van der Waals surface area contributed by atoms with Crippen LogP contribution < -0.4 is 10.9 Å². The molecule has 4 nitrogen and oxygen atoms in total. The van der Waals surface area contributed by atoms with Gasteiger partial charge in [-0.3, -0.25) is 9.59 Å². The summed E-state index contributed by atoms with van der Waals surface area (Å²) in [5.74, 6) is -0.252. The highest BCUT2D eigenvalue weighted by Crippen LogP contribution is 2.11. The number of halogens is 1. The third-order valence-corrected chi connectivity index (χ3v) is 3.20. The second-order valence-electron chi connectivity index (χ2n) is 4.18. The van der Waals surface area contributed by atoms with E-state index in [1.54, 1.807) is 19.3 Å². The summed E-state index contributed by atoms with van der Waals surface area (Å²) in [6.45, 7) is 0.424. The van der Waals surface area contributed by atoms with Gasteiger partial charge in [-0.05, 0) is 23.8 Å². The van der Waals surface area contributed by atoms with Gasteiger partial charge in [-0.25, -0.2) is 0 Å². The van der Waals surface area contributed by atoms with Crippen molar-refractivity contribution in [2.45, 2.75) is 6.54 Å². The van der Waals surface area contributed by atoms with E-state index >= 15 is 0 Å². The molecule has 98 valence electrons. The van der Waals surface area contributed by atoms with Crippen molar-refractivity contribution in [3.63, 3.8) is 0 Å². The first kappa shape index (κ1) is 13.5. The van der Waals surface area contributed by atoms with Crippen molar-refractivity contribution >= 4 is 21.8 Å². The highest BCUT2D eigenvalue weighted by Gasteiger charge is 2.06. The van der Waals surface area contributed by atoms with Gasteiger partial charge in [-0.2, -0.15) is 0 Å². The Kier molecular flexibility index (Phi) is 4.16. The number of benzene rings is 1. The van der Waals surface area contributed by atoms with Crippen molar-refractivity contribution in [2.75, 3.05) is 0 Å². The summed E-state index contributed by atoms with van der Waals surface area (Å²) in [4.78, 5) is 23.3. The SMILES string of the molecule is Cn1ccc(C(=O)NCc2cccc(Br)c2)cc1=O. The summed E-state index contributed by atoms with van der Waals surface area (Å²) in [5.41, 5.74) is 1.17. The molecule has 0 fully saturated rings. The Bertz CT molecular complexity index is 664. The number of hydrogen-bond acceptors (Lipinski definition) is 2. The molecule has 0 saturated heterocycles. The molecule has 1 aromatic heterocycles. The monoisotopic (exact) mass is 320 g/mol. The minimum absolute atomic E-state index is 0.199. The first-order valence-corrected chi connectivity index (χ1v) is 6.55. The van der Waals surface area contributed by atoms with E-state index in [0.717, 1.165) is 10.0 Å². The fraction of sp³-hybridized carbons (Fsp3) is 0.143. The molecule has 2 aromatic rings. The van der Waals surface area contributed by atoms with E-state index in [1.807, 2.05) is 24.3 Å². The molecule has 1 heterocycles. The highest BCUT2D eigenvalue weighted by molar-refractivity contribution is 9.10. The van der Waals surface area contributed by atoms with Crippen molar-refractivity contribution in [3.8, 4) is 0 Å². The summed E-state index contributed by atoms with van der Waals surface area (Å²) in [6, 6.07) is 10.6. The first-order chi connectivity index (χ1) is 9.06. The molecule has 0 spiro atoms. The Morgan fingerprint density at radius 1 is 1.32 bits per heavy atom. The Morgan fingerprint density at radius 2 is 2.11 bits per heavy atom. The van der Waals surface area contributed by atoms with E-state index in [1.165, 1.54) is 10.6 Å². The fourth-order valence-corrected chi connectivity index (χ4v) is 2.07. The third kappa shape index (κ3) is 3.54. The van der Waals surface area contributed by atoms with Gasteiger partial charge in [0.2, 0.25) is 0 Å². The maximum atomic E-state index is 11.9. The predicted molar refractivity (Wildman–Crippen MR) is 77.0 cm³/mol. The molecule has 1 aromatic carbocycles. The molecule has 2 rings (SSSR count). The minimum atomic E-state index is -0.252. The van der Waals surface area contributed by atoms with Crippen LogP contribution in [-0.4, -0.2) is 10.5 Å². The van der Waals surface area contributed by atoms with Crippen LogP contribution in [0.15, 0.2) is 51.9 Å². The lowest BCUT2D eigenvalue weighted by Crippen LogP contribution is -2.25. The third-order valence-electron chi connectivity index (χ3n) is 2.71. The number of amides is 1. The van der Waals surface area contributed by atoms with E-state index in [0.29, 0.717) is 12.1 Å². The van der Waals surface area contributed by atoms with E-state index in [4.69, 9.17) is 0 Å². The van der Waals surface area contributed by atoms with Gasteiger partial charge in [0.05, 0.1) is 0 Å². The number of hydrogen-bond donors (Lipinski definition) is 1. The summed E-state index contributed by atoms with van der Waals surface area (Å²) < 4.78 is 2.39. The smallest absolute Gasteiger partial charge is 0.251 e. The van der Waals surface area contributed by atoms with Gasteiger partial charge in [0.25, 0.3) is 11.5 Å². The number of nitrogens with zero attached hydrogens (tertiary/aromatic N) is 1. The van der Waals surface area contributed by atoms with Crippen molar-refractivity contribution in [1.29, 1.82) is 0 Å². The molecular weight excluding hydrogens is 308 g/mol. The van der Waals surface area contributed by atoms with Gasteiger partial charge < -0.3 is 9.88 Å². The number of nitrogens with one attached hydrogen (secondary N) is 1. The molecule has 0 aliphatic carbocycles. The molecule has 19 heavy (non-hydrogen) atoms. The predicted octanol–water partition coefficient (Wildman–Crippen LogP) is 2.08. The van der Waals surface area contributed by atoms with Crippen molar-refractivity contribution in [3.05, 3.63) is 68.5 Å². The molecule has 5 heteroatoms. The zero-order chi connectivity index (χ0) is 13.8. The van der Waals surface area contributed by atoms with Crippen LogP contribution >= 0.6 is 15.9 Å². The first-order valence-electron chi connectivity index (χ1n) is 5.75. The number of aromatic nitrogens is 1. The summed E-state index contributed by atoms with van der Waals surface area (Å²) in [5, 5.41) is 2.78. The minimum Gasteiger partial charge on any atom is -0.348 e. The van der Waals surface area contributed by atoms with E-state index < -0.39 is 0 Å². The van der Waals surface area contributed by atoms with Gasteiger partial charge in [-0.1, -0.05) is 28.1 Å². The average Bonchev–Trinajstić information content (AvgIpc) is 2.39. The Balaban J connectivity index is 2.05. The molecule has 0 bridgehead atoms. The number of rotatable bonds is 3. The normalized spacial score (nSPS) is 10.2. The zero-order valence-corrected chi connectivity index (χ0v) is 12.0. The quantitative estimate of drug-likeness (QED) is 0.941. The standard InChI is InChI=1S/C14H13BrN2O2/c1-17-6-5-11(8-13(17)18)14(19)16-9-10-3-2-4-12(15)7-10/h2-8H,9H2,1H3,(H,16,19). The molecule has 0 unspecified atom stereocenters. The molecule has 1 amide bonds. The highest BCUT2D eigenvalue weighted by atomic mass is 79.9. The molecule has 0 radical (unpaired) electrons. The van der Waals surface area contributed by atoms with Crippen LogP contribution in [0.5, 0.6) is 0 Å². The van der Waals surface area contributed by atoms with Crippen LogP contribution in [0.25, 0.3) is 0 Å². The summed E-state index contributed by atoms with van der Waals surface area (Å²) in [7, 11) is 1.64. The topological polar surface area (TPSA) is 51.1 Å². The molecule has 0 aliphatic heterocycles. The number of carbonyl (C=O) groups is 1. The Hall–Kier alpha value is -1.88. The largest absolute Gasteiger partial charge is 0.348 e. The van der Waals surface area contributed by atoms with Gasteiger partial charge in [-0.15, -0.1) is 0 Å². The number of carbonyl (C=O) groups excluding carboxylic acids is 1. The van der Waals surface area contributed by atoms with Gasteiger partial charge in [0, 0.05) is 35.9 Å². The van der Waals surface area contributed by atoms with Crippen molar-refractivity contribution < 1.29 is 4.79 Å². The van der Waals surface area contributed by atoms with Gasteiger partial charge in [0.1, 0.15) is 0 Å². The van der Waals surface area contributed by atoms with Gasteiger partial charge in [0.15, 0.2) is 0 Å². The summed E-state index contributed by atoms with van der Waals surface area (Å²) >= 11 is 3.37. The summed E-state index contributed by atoms with van der Waals surface area (Å²) in [6.07, 6.45) is 1.58. The Labute approximate surface area is 119 Å². The Morgan fingerprint density at radius 3 is 2.79 bits per heavy atom. The van der Waals surface area contributed by atoms with Crippen LogP contribution in [0.2, 0.25) is 0 Å². The van der Waals surface area contributed by atoms with Crippen molar-refractivity contribution in [2.24, 2.45) is 7.05 Å². The van der Waals surface area contributed by atoms with E-state index in [-0.39, 0.29) is 11.5 Å². The second kappa shape index (κ2) is 5.84. The van der Waals surface area contributed by atoms with Gasteiger partial charge >= 0.3 is 0 Å². The molecule has 1 N–H and O–H groups in total. The second-order valence-corrected chi connectivity index (χ2v) is 5.09. The maximum absolute atomic E-state index is 11.9. The molecule has 0 atom stereocenters. The maximum Gasteiger partial charge on any atom is 0.251 e. The molecular formula is C14H13BrN2O2. The lowest BCUT2D eigenvalue weighted by atomic mass is 10.2. The van der Waals surface area contributed by atoms with Crippen molar-refractivity contribution in [1.82, 2.24) is 9.88 Å². The van der Waals surface area contributed by atoms with Crippen LogP contribution in [0.3, 0.4) is 0 Å². The molecule has 0 saturated carbocycles. The average molecular weight is 321 g/mol. The lowest BCUT2D eigenvalue weighted by Gasteiger charge is -2.06. The zero-order valence-electron chi connectivity index (χ0n) is 10.4. The van der Waals surface area contributed by atoms with Crippen LogP contribution in [0.4, 0.5) is 0 Å². The van der Waals surface area contributed by atoms with Crippen LogP contribution in [0, 0.1) is 0 Å².